The summed E-state index contributed by atoms with van der Waals surface area (Å²) in [5.41, 5.74) is 7.01. The molecule has 2 unspecified atom stereocenters. The number of amides is 1. The monoisotopic (exact) mass is 342 g/mol. The van der Waals surface area contributed by atoms with Crippen molar-refractivity contribution in [3.63, 3.8) is 0 Å². The summed E-state index contributed by atoms with van der Waals surface area (Å²) in [5, 5.41) is 3.00. The highest BCUT2D eigenvalue weighted by Gasteiger charge is 2.31. The number of hydrogen-bond acceptors (Lipinski definition) is 4. The van der Waals surface area contributed by atoms with E-state index in [0.717, 1.165) is 11.1 Å². The van der Waals surface area contributed by atoms with E-state index < -0.39 is 5.54 Å². The van der Waals surface area contributed by atoms with Gasteiger partial charge in [0.2, 0.25) is 5.91 Å². The number of carbonyl (C=O) groups is 1. The van der Waals surface area contributed by atoms with Gasteiger partial charge >= 0.3 is 0 Å². The van der Waals surface area contributed by atoms with Gasteiger partial charge in [0.15, 0.2) is 11.5 Å². The molecule has 0 aliphatic heterocycles. The van der Waals surface area contributed by atoms with Crippen LogP contribution in [0.5, 0.6) is 11.5 Å². The molecule has 2 atom stereocenters. The lowest BCUT2D eigenvalue weighted by Crippen LogP contribution is -2.51. The first-order valence-corrected chi connectivity index (χ1v) is 8.24. The van der Waals surface area contributed by atoms with E-state index in [2.05, 4.69) is 5.32 Å². The Morgan fingerprint density at radius 2 is 1.76 bits per heavy atom. The van der Waals surface area contributed by atoms with E-state index in [1.54, 1.807) is 21.1 Å². The first-order chi connectivity index (χ1) is 11.9. The number of ether oxygens (including phenoxy) is 2. The number of rotatable bonds is 7. The first kappa shape index (κ1) is 18.8. The average molecular weight is 342 g/mol. The van der Waals surface area contributed by atoms with Gasteiger partial charge in [-0.15, -0.1) is 0 Å². The Morgan fingerprint density at radius 3 is 2.36 bits per heavy atom. The maximum atomic E-state index is 12.6. The number of nitrogens with one attached hydrogen (secondary N) is 1. The molecule has 0 saturated heterocycles. The molecule has 0 spiro atoms. The SMILES string of the molecule is COc1ccc(CC(C)NC(=O)C(C)(N)c2ccccc2)cc1OC. The minimum absolute atomic E-state index is 0.0720. The number of hydrogen-bond donors (Lipinski definition) is 2. The molecule has 0 fully saturated rings. The lowest BCUT2D eigenvalue weighted by atomic mass is 9.92. The van der Waals surface area contributed by atoms with Gasteiger partial charge in [-0.25, -0.2) is 0 Å². The number of methoxy groups -OCH3 is 2. The van der Waals surface area contributed by atoms with Gasteiger partial charge in [-0.1, -0.05) is 36.4 Å². The zero-order chi connectivity index (χ0) is 18.4. The van der Waals surface area contributed by atoms with Crippen molar-refractivity contribution in [1.82, 2.24) is 5.32 Å². The van der Waals surface area contributed by atoms with Gasteiger partial charge in [0.1, 0.15) is 5.54 Å². The fraction of sp³-hybridized carbons (Fsp3) is 0.350. The standard InChI is InChI=1S/C20H26N2O3/c1-14(12-15-10-11-17(24-3)18(13-15)25-4)22-19(23)20(2,21)16-8-6-5-7-9-16/h5-11,13-14H,12,21H2,1-4H3,(H,22,23). The van der Waals surface area contributed by atoms with Crippen LogP contribution in [0.2, 0.25) is 0 Å². The highest BCUT2D eigenvalue weighted by molar-refractivity contribution is 5.87. The first-order valence-electron chi connectivity index (χ1n) is 8.24. The molecule has 2 aromatic rings. The van der Waals surface area contributed by atoms with Gasteiger partial charge in [0.05, 0.1) is 14.2 Å². The highest BCUT2D eigenvalue weighted by atomic mass is 16.5. The second kappa shape index (κ2) is 8.03. The van der Waals surface area contributed by atoms with E-state index in [4.69, 9.17) is 15.2 Å². The van der Waals surface area contributed by atoms with Crippen molar-refractivity contribution in [2.75, 3.05) is 14.2 Å². The fourth-order valence-electron chi connectivity index (χ4n) is 2.70. The molecule has 2 rings (SSSR count). The van der Waals surface area contributed by atoms with E-state index in [1.807, 2.05) is 55.5 Å². The van der Waals surface area contributed by atoms with Crippen LogP contribution >= 0.6 is 0 Å². The molecule has 0 heterocycles. The van der Waals surface area contributed by atoms with Gasteiger partial charge in [0, 0.05) is 6.04 Å². The quantitative estimate of drug-likeness (QED) is 0.811. The van der Waals surface area contributed by atoms with E-state index in [0.29, 0.717) is 17.9 Å². The van der Waals surface area contributed by atoms with E-state index in [9.17, 15) is 4.79 Å². The topological polar surface area (TPSA) is 73.6 Å². The van der Waals surface area contributed by atoms with Crippen LogP contribution in [0.15, 0.2) is 48.5 Å². The molecule has 5 nitrogen and oxygen atoms in total. The van der Waals surface area contributed by atoms with Gasteiger partial charge in [0.25, 0.3) is 0 Å². The Kier molecular flexibility index (Phi) is 6.04. The van der Waals surface area contributed by atoms with Crippen molar-refractivity contribution in [2.45, 2.75) is 31.8 Å². The van der Waals surface area contributed by atoms with Crippen LogP contribution in [0, 0.1) is 0 Å². The number of nitrogens with two attached hydrogens (primary N) is 1. The van der Waals surface area contributed by atoms with Crippen LogP contribution in [-0.2, 0) is 16.8 Å². The Morgan fingerprint density at radius 1 is 1.12 bits per heavy atom. The summed E-state index contributed by atoms with van der Waals surface area (Å²) >= 11 is 0. The van der Waals surface area contributed by atoms with Crippen LogP contribution in [0.1, 0.15) is 25.0 Å². The summed E-state index contributed by atoms with van der Waals surface area (Å²) in [6.07, 6.45) is 0.664. The maximum absolute atomic E-state index is 12.6. The van der Waals surface area contributed by atoms with Crippen molar-refractivity contribution in [1.29, 1.82) is 0 Å². The summed E-state index contributed by atoms with van der Waals surface area (Å²) in [6.45, 7) is 3.68. The van der Waals surface area contributed by atoms with Crippen LogP contribution < -0.4 is 20.5 Å². The van der Waals surface area contributed by atoms with Crippen LogP contribution in [0.25, 0.3) is 0 Å². The molecule has 25 heavy (non-hydrogen) atoms. The van der Waals surface area contributed by atoms with Gasteiger partial charge in [-0.2, -0.15) is 0 Å². The number of carbonyl (C=O) groups excluding carboxylic acids is 1. The molecule has 0 bridgehead atoms. The van der Waals surface area contributed by atoms with Crippen LogP contribution in [-0.4, -0.2) is 26.2 Å². The highest BCUT2D eigenvalue weighted by Crippen LogP contribution is 2.28. The summed E-state index contributed by atoms with van der Waals surface area (Å²) in [4.78, 5) is 12.6. The van der Waals surface area contributed by atoms with Gasteiger partial charge in [-0.3, -0.25) is 4.79 Å². The Labute approximate surface area is 149 Å². The average Bonchev–Trinajstić information content (AvgIpc) is 2.62. The minimum Gasteiger partial charge on any atom is -0.493 e. The predicted octanol–water partition coefficient (Wildman–Crippen LogP) is 2.63. The largest absolute Gasteiger partial charge is 0.493 e. The molecule has 5 heteroatoms. The second-order valence-electron chi connectivity index (χ2n) is 6.34. The summed E-state index contributed by atoms with van der Waals surface area (Å²) in [7, 11) is 3.21. The summed E-state index contributed by atoms with van der Waals surface area (Å²) in [5.74, 6) is 1.15. The van der Waals surface area contributed by atoms with Crippen molar-refractivity contribution in [3.05, 3.63) is 59.7 Å². The molecule has 0 aliphatic rings. The van der Waals surface area contributed by atoms with Crippen molar-refractivity contribution in [3.8, 4) is 11.5 Å². The molecule has 2 aromatic carbocycles. The smallest absolute Gasteiger partial charge is 0.244 e. The molecule has 0 saturated carbocycles. The fourth-order valence-corrected chi connectivity index (χ4v) is 2.70. The van der Waals surface area contributed by atoms with E-state index in [1.165, 1.54) is 0 Å². The second-order valence-corrected chi connectivity index (χ2v) is 6.34. The third-order valence-corrected chi connectivity index (χ3v) is 4.21. The molecule has 0 aromatic heterocycles. The summed E-state index contributed by atoms with van der Waals surface area (Å²) in [6, 6.07) is 15.0. The van der Waals surface area contributed by atoms with Gasteiger partial charge in [-0.05, 0) is 43.5 Å². The third kappa shape index (κ3) is 4.51. The van der Waals surface area contributed by atoms with Crippen molar-refractivity contribution >= 4 is 5.91 Å². The Balaban J connectivity index is 2.04. The van der Waals surface area contributed by atoms with E-state index in [-0.39, 0.29) is 11.9 Å². The predicted molar refractivity (Wildman–Crippen MR) is 98.8 cm³/mol. The lowest BCUT2D eigenvalue weighted by Gasteiger charge is -2.26. The Bertz CT molecular complexity index is 714. The normalized spacial score (nSPS) is 14.3. The van der Waals surface area contributed by atoms with Crippen molar-refractivity contribution < 1.29 is 14.3 Å². The lowest BCUT2D eigenvalue weighted by molar-refractivity contribution is -0.126. The maximum Gasteiger partial charge on any atom is 0.244 e. The minimum atomic E-state index is -1.08. The van der Waals surface area contributed by atoms with E-state index >= 15 is 0 Å². The zero-order valence-electron chi connectivity index (χ0n) is 15.2. The Hall–Kier alpha value is -2.53. The molecule has 134 valence electrons. The molecule has 1 amide bonds. The zero-order valence-corrected chi connectivity index (χ0v) is 15.2. The van der Waals surface area contributed by atoms with Crippen molar-refractivity contribution in [2.24, 2.45) is 5.73 Å². The van der Waals surface area contributed by atoms with Crippen LogP contribution in [0.3, 0.4) is 0 Å². The summed E-state index contributed by atoms with van der Waals surface area (Å²) < 4.78 is 10.6. The number of benzene rings is 2. The molecule has 3 N–H and O–H groups in total. The van der Waals surface area contributed by atoms with Gasteiger partial charge < -0.3 is 20.5 Å². The van der Waals surface area contributed by atoms with Crippen LogP contribution in [0.4, 0.5) is 0 Å². The third-order valence-electron chi connectivity index (χ3n) is 4.21. The molecule has 0 aliphatic carbocycles. The molecule has 0 radical (unpaired) electrons. The molecular weight excluding hydrogens is 316 g/mol. The molecular formula is C20H26N2O3.